The van der Waals surface area contributed by atoms with Crippen LogP contribution in [-0.2, 0) is 14.4 Å². The van der Waals surface area contributed by atoms with Crippen molar-refractivity contribution >= 4 is 69.9 Å². The number of nitrogens with one attached hydrogen (secondary N) is 1. The molecule has 9 nitrogen and oxygen atoms in total. The van der Waals surface area contributed by atoms with E-state index in [9.17, 15) is 14.4 Å². The number of aliphatic carboxylic acids is 1. The third-order valence-electron chi connectivity index (χ3n) is 6.14. The second-order valence-electron chi connectivity index (χ2n) is 9.37. The van der Waals surface area contributed by atoms with Crippen LogP contribution in [0.4, 0.5) is 5.69 Å². The van der Waals surface area contributed by atoms with Gasteiger partial charge in [-0.15, -0.1) is 0 Å². The van der Waals surface area contributed by atoms with Gasteiger partial charge in [-0.05, 0) is 36.6 Å². The number of carboxylic acid groups (broad SMARTS) is 1. The SMILES string of the molecule is CC(C)C(CN(C(=O)C(Cl)Cl)c1cccc(-c2cc(-c3c(Cl)cccc3Cl)no2)c1)NC(=O)C(N)CCC(=O)O. The number of aromatic nitrogens is 1. The highest BCUT2D eigenvalue weighted by atomic mass is 35.5. The van der Waals surface area contributed by atoms with E-state index in [-0.39, 0.29) is 25.3 Å². The summed E-state index contributed by atoms with van der Waals surface area (Å²) in [7, 11) is 0. The summed E-state index contributed by atoms with van der Waals surface area (Å²) in [5.41, 5.74) is 7.88. The average molecular weight is 630 g/mol. The first-order valence-electron chi connectivity index (χ1n) is 12.3. The Bertz CT molecular complexity index is 1340. The Morgan fingerprint density at radius 1 is 1.07 bits per heavy atom. The second kappa shape index (κ2) is 14.2. The predicted octanol–water partition coefficient (Wildman–Crippen LogP) is 5.79. The zero-order chi connectivity index (χ0) is 29.6. The van der Waals surface area contributed by atoms with Crippen LogP contribution in [0.2, 0.25) is 10.0 Å². The fourth-order valence-corrected chi connectivity index (χ4v) is 4.69. The molecular weight excluding hydrogens is 602 g/mol. The van der Waals surface area contributed by atoms with Gasteiger partial charge in [0.25, 0.3) is 5.91 Å². The number of halogens is 4. The molecule has 2 amide bonds. The minimum Gasteiger partial charge on any atom is -0.481 e. The molecular formula is C27H28Cl4N4O5. The molecule has 0 saturated carbocycles. The number of anilines is 1. The van der Waals surface area contributed by atoms with E-state index >= 15 is 0 Å². The van der Waals surface area contributed by atoms with Crippen molar-refractivity contribution in [1.82, 2.24) is 10.5 Å². The smallest absolute Gasteiger partial charge is 0.303 e. The summed E-state index contributed by atoms with van der Waals surface area (Å²) in [6, 6.07) is 12.1. The maximum absolute atomic E-state index is 13.1. The topological polar surface area (TPSA) is 139 Å². The molecule has 3 aromatic rings. The molecule has 0 aliphatic heterocycles. The van der Waals surface area contributed by atoms with Crippen LogP contribution < -0.4 is 16.0 Å². The Balaban J connectivity index is 1.89. The predicted molar refractivity (Wildman–Crippen MR) is 157 cm³/mol. The van der Waals surface area contributed by atoms with Gasteiger partial charge in [0, 0.05) is 41.9 Å². The Kier molecular flexibility index (Phi) is 11.2. The molecule has 0 bridgehead atoms. The molecule has 13 heteroatoms. The van der Waals surface area contributed by atoms with Gasteiger partial charge in [0.15, 0.2) is 10.6 Å². The van der Waals surface area contributed by atoms with Gasteiger partial charge in [-0.25, -0.2) is 0 Å². The minimum atomic E-state index is -1.37. The number of hydrogen-bond donors (Lipinski definition) is 3. The summed E-state index contributed by atoms with van der Waals surface area (Å²) in [5, 5.41) is 16.6. The number of benzene rings is 2. The van der Waals surface area contributed by atoms with Gasteiger partial charge in [0.1, 0.15) is 5.69 Å². The average Bonchev–Trinajstić information content (AvgIpc) is 3.38. The van der Waals surface area contributed by atoms with Crippen molar-refractivity contribution in [3.8, 4) is 22.6 Å². The summed E-state index contributed by atoms with van der Waals surface area (Å²) in [4.78, 5) is 36.6. The second-order valence-corrected chi connectivity index (χ2v) is 11.3. The summed E-state index contributed by atoms with van der Waals surface area (Å²) in [6.45, 7) is 3.74. The molecule has 0 aliphatic rings. The van der Waals surface area contributed by atoms with Gasteiger partial charge in [-0.3, -0.25) is 14.4 Å². The minimum absolute atomic E-state index is 0.0180. The van der Waals surface area contributed by atoms with Gasteiger partial charge in [0.05, 0.1) is 16.1 Å². The lowest BCUT2D eigenvalue weighted by molar-refractivity contribution is -0.137. The molecule has 1 aromatic heterocycles. The first kappa shape index (κ1) is 31.7. The van der Waals surface area contributed by atoms with E-state index < -0.39 is 34.7 Å². The number of rotatable bonds is 12. The lowest BCUT2D eigenvalue weighted by Gasteiger charge is -2.31. The molecule has 2 atom stereocenters. The normalized spacial score (nSPS) is 12.8. The molecule has 2 unspecified atom stereocenters. The zero-order valence-electron chi connectivity index (χ0n) is 21.6. The van der Waals surface area contributed by atoms with Gasteiger partial charge >= 0.3 is 5.97 Å². The number of carbonyl (C=O) groups is 3. The quantitative estimate of drug-likeness (QED) is 0.216. The third kappa shape index (κ3) is 8.11. The van der Waals surface area contributed by atoms with E-state index in [2.05, 4.69) is 10.5 Å². The van der Waals surface area contributed by atoms with Crippen LogP contribution in [0.25, 0.3) is 22.6 Å². The van der Waals surface area contributed by atoms with E-state index in [1.165, 1.54) is 4.90 Å². The van der Waals surface area contributed by atoms with Crippen molar-refractivity contribution in [3.63, 3.8) is 0 Å². The Labute approximate surface area is 251 Å². The molecule has 1 heterocycles. The van der Waals surface area contributed by atoms with Crippen molar-refractivity contribution in [2.24, 2.45) is 11.7 Å². The maximum Gasteiger partial charge on any atom is 0.303 e. The van der Waals surface area contributed by atoms with Crippen molar-refractivity contribution in [2.45, 2.75) is 43.6 Å². The van der Waals surface area contributed by atoms with Crippen LogP contribution in [-0.4, -0.2) is 51.5 Å². The highest BCUT2D eigenvalue weighted by Gasteiger charge is 2.29. The molecule has 0 radical (unpaired) electrons. The summed E-state index contributed by atoms with van der Waals surface area (Å²) in [5.74, 6) is -1.91. The molecule has 40 heavy (non-hydrogen) atoms. The van der Waals surface area contributed by atoms with Gasteiger partial charge in [-0.2, -0.15) is 0 Å². The highest BCUT2D eigenvalue weighted by Crippen LogP contribution is 2.36. The fourth-order valence-electron chi connectivity index (χ4n) is 3.86. The summed E-state index contributed by atoms with van der Waals surface area (Å²) < 4.78 is 5.56. The largest absolute Gasteiger partial charge is 0.481 e. The van der Waals surface area contributed by atoms with Gasteiger partial charge in [-0.1, -0.05) is 83.6 Å². The van der Waals surface area contributed by atoms with Crippen LogP contribution >= 0.6 is 46.4 Å². The Hall–Kier alpha value is -2.82. The fraction of sp³-hybridized carbons (Fsp3) is 0.333. The van der Waals surface area contributed by atoms with E-state index in [1.807, 2.05) is 13.8 Å². The first-order valence-corrected chi connectivity index (χ1v) is 13.9. The molecule has 214 valence electrons. The van der Waals surface area contributed by atoms with Crippen LogP contribution in [0.15, 0.2) is 53.1 Å². The molecule has 4 N–H and O–H groups in total. The van der Waals surface area contributed by atoms with Gasteiger partial charge in [0.2, 0.25) is 5.91 Å². The number of hydrogen-bond acceptors (Lipinski definition) is 6. The van der Waals surface area contributed by atoms with Crippen LogP contribution in [0.1, 0.15) is 26.7 Å². The lowest BCUT2D eigenvalue weighted by atomic mass is 10.0. The molecule has 3 rings (SSSR count). The van der Waals surface area contributed by atoms with Crippen LogP contribution in [0.3, 0.4) is 0 Å². The van der Waals surface area contributed by atoms with Crippen molar-refractivity contribution in [1.29, 1.82) is 0 Å². The first-order chi connectivity index (χ1) is 18.9. The summed E-state index contributed by atoms with van der Waals surface area (Å²) >= 11 is 24.6. The number of carbonyl (C=O) groups excluding carboxylic acids is 2. The number of alkyl halides is 2. The van der Waals surface area contributed by atoms with Crippen molar-refractivity contribution < 1.29 is 24.0 Å². The van der Waals surface area contributed by atoms with E-state index in [1.54, 1.807) is 48.5 Å². The monoisotopic (exact) mass is 628 g/mol. The zero-order valence-corrected chi connectivity index (χ0v) is 24.6. The molecule has 0 fully saturated rings. The van der Waals surface area contributed by atoms with Crippen molar-refractivity contribution in [3.05, 3.63) is 58.6 Å². The molecule has 0 aliphatic carbocycles. The number of amides is 2. The summed E-state index contributed by atoms with van der Waals surface area (Å²) in [6.07, 6.45) is -0.273. The molecule has 0 saturated heterocycles. The number of carboxylic acids is 1. The van der Waals surface area contributed by atoms with Gasteiger partial charge < -0.3 is 25.6 Å². The number of nitrogens with zero attached hydrogens (tertiary/aromatic N) is 2. The van der Waals surface area contributed by atoms with Crippen molar-refractivity contribution in [2.75, 3.05) is 11.4 Å². The van der Waals surface area contributed by atoms with Crippen LogP contribution in [0.5, 0.6) is 0 Å². The maximum atomic E-state index is 13.1. The molecule has 2 aromatic carbocycles. The van der Waals surface area contributed by atoms with E-state index in [0.29, 0.717) is 38.3 Å². The van der Waals surface area contributed by atoms with E-state index in [4.69, 9.17) is 61.8 Å². The Morgan fingerprint density at radius 2 is 1.73 bits per heavy atom. The van der Waals surface area contributed by atoms with Crippen LogP contribution in [0, 0.1) is 5.92 Å². The standard InChI is InChI=1S/C27H28Cl4N4O5/c1-14(2)21(33-26(38)19(32)9-10-23(36)37)13-35(27(39)25(30)31)16-6-3-5-15(11-16)22-12-20(34-40-22)24-17(28)7-4-8-18(24)29/h3-8,11-12,14,19,21,25H,9-10,13,32H2,1-2H3,(H,33,38)(H,36,37). The number of nitrogens with two attached hydrogens (primary N) is 1. The Morgan fingerprint density at radius 3 is 2.33 bits per heavy atom. The highest BCUT2D eigenvalue weighted by molar-refractivity contribution is 6.54. The molecule has 0 spiro atoms. The lowest BCUT2D eigenvalue weighted by Crippen LogP contribution is -2.53. The van der Waals surface area contributed by atoms with E-state index in [0.717, 1.165) is 0 Å². The third-order valence-corrected chi connectivity index (χ3v) is 7.15.